The van der Waals surface area contributed by atoms with Gasteiger partial charge in [0.15, 0.2) is 11.5 Å². The number of nitrogens with zero attached hydrogens (tertiary/aromatic N) is 3. The normalized spacial score (nSPS) is 16.5. The van der Waals surface area contributed by atoms with Crippen molar-refractivity contribution in [1.29, 1.82) is 0 Å². The summed E-state index contributed by atoms with van der Waals surface area (Å²) in [7, 11) is 0. The molecule has 5 rings (SSSR count). The van der Waals surface area contributed by atoms with E-state index in [1.165, 1.54) is 0 Å². The number of hydrogen-bond acceptors (Lipinski definition) is 7. The second-order valence-electron chi connectivity index (χ2n) is 8.74. The van der Waals surface area contributed by atoms with E-state index in [2.05, 4.69) is 23.9 Å². The average Bonchev–Trinajstić information content (AvgIpc) is 3.66. The molecule has 1 fully saturated rings. The lowest BCUT2D eigenvalue weighted by molar-refractivity contribution is 0.0507. The SMILES string of the molecule is CCN(CC)c1onc(-c2ccccc2)c1CN(C[C@H]1CCCO1)C(=O)c1ccc2c(c1)OCO2. The van der Waals surface area contributed by atoms with Gasteiger partial charge < -0.3 is 28.5 Å². The van der Waals surface area contributed by atoms with Crippen LogP contribution in [-0.4, -0.2) is 55.1 Å². The maximum absolute atomic E-state index is 13.8. The third-order valence-corrected chi connectivity index (χ3v) is 6.57. The monoisotopic (exact) mass is 477 g/mol. The summed E-state index contributed by atoms with van der Waals surface area (Å²) >= 11 is 0. The average molecular weight is 478 g/mol. The second-order valence-corrected chi connectivity index (χ2v) is 8.74. The summed E-state index contributed by atoms with van der Waals surface area (Å²) in [5.41, 5.74) is 3.15. The predicted octanol–water partition coefficient (Wildman–Crippen LogP) is 4.74. The van der Waals surface area contributed by atoms with E-state index in [1.807, 2.05) is 35.2 Å². The van der Waals surface area contributed by atoms with Crippen LogP contribution in [0.3, 0.4) is 0 Å². The summed E-state index contributed by atoms with van der Waals surface area (Å²) in [6.45, 7) is 7.45. The zero-order valence-corrected chi connectivity index (χ0v) is 20.2. The quantitative estimate of drug-likeness (QED) is 0.441. The zero-order valence-electron chi connectivity index (χ0n) is 20.2. The summed E-state index contributed by atoms with van der Waals surface area (Å²) in [6.07, 6.45) is 1.94. The summed E-state index contributed by atoms with van der Waals surface area (Å²) in [5, 5.41) is 4.44. The van der Waals surface area contributed by atoms with Crippen molar-refractivity contribution in [3.8, 4) is 22.8 Å². The first-order chi connectivity index (χ1) is 17.2. The Bertz CT molecular complexity index is 1150. The highest BCUT2D eigenvalue weighted by atomic mass is 16.7. The predicted molar refractivity (Wildman–Crippen MR) is 132 cm³/mol. The van der Waals surface area contributed by atoms with Crippen LogP contribution in [0.1, 0.15) is 42.6 Å². The molecule has 0 bridgehead atoms. The smallest absolute Gasteiger partial charge is 0.254 e. The van der Waals surface area contributed by atoms with Crippen LogP contribution in [0, 0.1) is 0 Å². The van der Waals surface area contributed by atoms with Crippen molar-refractivity contribution in [2.45, 2.75) is 39.3 Å². The molecule has 8 nitrogen and oxygen atoms in total. The minimum Gasteiger partial charge on any atom is -0.454 e. The van der Waals surface area contributed by atoms with Crippen LogP contribution < -0.4 is 14.4 Å². The van der Waals surface area contributed by atoms with Gasteiger partial charge in [-0.15, -0.1) is 0 Å². The third kappa shape index (κ3) is 4.84. The molecular formula is C27H31N3O5. The van der Waals surface area contributed by atoms with Crippen molar-refractivity contribution in [3.63, 3.8) is 0 Å². The summed E-state index contributed by atoms with van der Waals surface area (Å²) < 4.78 is 22.7. The highest BCUT2D eigenvalue weighted by Crippen LogP contribution is 2.35. The standard InChI is InChI=1S/C27H31N3O5/c1-3-29(4-2)27-22(25(28-35-27)19-9-6-5-7-10-19)17-30(16-21-11-8-14-32-21)26(31)20-12-13-23-24(15-20)34-18-33-23/h5-7,9-10,12-13,15,21H,3-4,8,11,14,16-18H2,1-2H3/t21-/m1/s1. The van der Waals surface area contributed by atoms with E-state index < -0.39 is 0 Å². The third-order valence-electron chi connectivity index (χ3n) is 6.57. The number of carbonyl (C=O) groups is 1. The molecule has 2 aliphatic heterocycles. The zero-order chi connectivity index (χ0) is 24.2. The van der Waals surface area contributed by atoms with Crippen molar-refractivity contribution in [2.24, 2.45) is 0 Å². The Morgan fingerprint density at radius 3 is 2.60 bits per heavy atom. The topological polar surface area (TPSA) is 77.3 Å². The maximum Gasteiger partial charge on any atom is 0.254 e. The largest absolute Gasteiger partial charge is 0.454 e. The summed E-state index contributed by atoms with van der Waals surface area (Å²) in [6, 6.07) is 15.3. The number of aromatic nitrogens is 1. The highest BCUT2D eigenvalue weighted by molar-refractivity contribution is 5.95. The number of amides is 1. The Balaban J connectivity index is 1.52. The van der Waals surface area contributed by atoms with Gasteiger partial charge in [-0.05, 0) is 44.9 Å². The van der Waals surface area contributed by atoms with E-state index in [4.69, 9.17) is 18.7 Å². The Morgan fingerprint density at radius 1 is 1.06 bits per heavy atom. The number of benzene rings is 2. The molecule has 35 heavy (non-hydrogen) atoms. The first kappa shape index (κ1) is 23.2. The van der Waals surface area contributed by atoms with Gasteiger partial charge in [0, 0.05) is 37.4 Å². The summed E-state index contributed by atoms with van der Waals surface area (Å²) in [5.74, 6) is 1.85. The number of ether oxygens (including phenoxy) is 3. The van der Waals surface area contributed by atoms with Crippen LogP contribution in [0.2, 0.25) is 0 Å². The molecular weight excluding hydrogens is 446 g/mol. The lowest BCUT2D eigenvalue weighted by Gasteiger charge is -2.27. The van der Waals surface area contributed by atoms with E-state index in [1.54, 1.807) is 18.2 Å². The van der Waals surface area contributed by atoms with Crippen molar-refractivity contribution in [2.75, 3.05) is 37.9 Å². The van der Waals surface area contributed by atoms with Gasteiger partial charge in [0.2, 0.25) is 12.7 Å². The van der Waals surface area contributed by atoms with E-state index in [0.717, 1.165) is 49.4 Å². The van der Waals surface area contributed by atoms with E-state index in [0.29, 0.717) is 36.0 Å². The van der Waals surface area contributed by atoms with Gasteiger partial charge in [0.05, 0.1) is 18.2 Å². The minimum absolute atomic E-state index is 0.00454. The number of hydrogen-bond donors (Lipinski definition) is 0. The lowest BCUT2D eigenvalue weighted by atomic mass is 10.1. The molecule has 1 saturated heterocycles. The molecule has 2 aromatic carbocycles. The minimum atomic E-state index is -0.0930. The number of anilines is 1. The van der Waals surface area contributed by atoms with Crippen molar-refractivity contribution in [1.82, 2.24) is 10.1 Å². The van der Waals surface area contributed by atoms with Gasteiger partial charge >= 0.3 is 0 Å². The van der Waals surface area contributed by atoms with Gasteiger partial charge in [0.25, 0.3) is 5.91 Å². The first-order valence-corrected chi connectivity index (χ1v) is 12.3. The Kier molecular flexibility index (Phi) is 6.90. The number of rotatable bonds is 9. The molecule has 184 valence electrons. The Morgan fingerprint density at radius 2 is 1.86 bits per heavy atom. The molecule has 3 aromatic rings. The molecule has 1 atom stereocenters. The van der Waals surface area contributed by atoms with Crippen LogP contribution in [0.15, 0.2) is 53.1 Å². The van der Waals surface area contributed by atoms with Crippen LogP contribution in [0.4, 0.5) is 5.88 Å². The fourth-order valence-electron chi connectivity index (χ4n) is 4.68. The van der Waals surface area contributed by atoms with Crippen LogP contribution >= 0.6 is 0 Å². The van der Waals surface area contributed by atoms with Crippen molar-refractivity contribution < 1.29 is 23.5 Å². The van der Waals surface area contributed by atoms with E-state index in [-0.39, 0.29) is 18.8 Å². The molecule has 0 radical (unpaired) electrons. The Hall–Kier alpha value is -3.52. The second kappa shape index (κ2) is 10.4. The molecule has 8 heteroatoms. The molecule has 1 aromatic heterocycles. The fourth-order valence-corrected chi connectivity index (χ4v) is 4.68. The van der Waals surface area contributed by atoms with Gasteiger partial charge in [-0.25, -0.2) is 0 Å². The van der Waals surface area contributed by atoms with Crippen molar-refractivity contribution >= 4 is 11.8 Å². The highest BCUT2D eigenvalue weighted by Gasteiger charge is 2.29. The molecule has 2 aliphatic rings. The van der Waals surface area contributed by atoms with Gasteiger partial charge in [-0.3, -0.25) is 4.79 Å². The van der Waals surface area contributed by atoms with Crippen LogP contribution in [-0.2, 0) is 11.3 Å². The molecule has 0 N–H and O–H groups in total. The number of fused-ring (bicyclic) bond motifs is 1. The molecule has 0 saturated carbocycles. The molecule has 3 heterocycles. The molecule has 1 amide bonds. The van der Waals surface area contributed by atoms with Crippen molar-refractivity contribution in [3.05, 3.63) is 59.7 Å². The number of carbonyl (C=O) groups excluding carboxylic acids is 1. The van der Waals surface area contributed by atoms with E-state index >= 15 is 0 Å². The molecule has 0 spiro atoms. The van der Waals surface area contributed by atoms with E-state index in [9.17, 15) is 4.79 Å². The van der Waals surface area contributed by atoms with Crippen LogP contribution in [0.25, 0.3) is 11.3 Å². The van der Waals surface area contributed by atoms with Gasteiger partial charge in [-0.2, -0.15) is 0 Å². The molecule has 0 aliphatic carbocycles. The fraction of sp³-hybridized carbons (Fsp3) is 0.407. The molecule has 0 unspecified atom stereocenters. The maximum atomic E-state index is 13.8. The van der Waals surface area contributed by atoms with Crippen LogP contribution in [0.5, 0.6) is 11.5 Å². The Labute approximate surface area is 205 Å². The lowest BCUT2D eigenvalue weighted by Crippen LogP contribution is -2.37. The first-order valence-electron chi connectivity index (χ1n) is 12.3. The van der Waals surface area contributed by atoms with Gasteiger partial charge in [-0.1, -0.05) is 35.5 Å². The van der Waals surface area contributed by atoms with Gasteiger partial charge in [0.1, 0.15) is 5.69 Å². The summed E-state index contributed by atoms with van der Waals surface area (Å²) in [4.78, 5) is 17.8.